The highest BCUT2D eigenvalue weighted by Gasteiger charge is 2.04. The summed E-state index contributed by atoms with van der Waals surface area (Å²) >= 11 is 0. The molecule has 0 atom stereocenters. The molecule has 4 nitrogen and oxygen atoms in total. The molecular formula is C9H8O4. The summed E-state index contributed by atoms with van der Waals surface area (Å²) in [7, 11) is 1.24. The number of ether oxygens (including phenoxy) is 1. The average molecular weight is 180 g/mol. The van der Waals surface area contributed by atoms with Crippen LogP contribution in [0, 0.1) is 0 Å². The molecule has 0 saturated carbocycles. The zero-order valence-electron chi connectivity index (χ0n) is 7.02. The number of carbonyl (C=O) groups is 2. The second-order valence-electron chi connectivity index (χ2n) is 2.20. The van der Waals surface area contributed by atoms with Crippen LogP contribution in [-0.4, -0.2) is 18.9 Å². The van der Waals surface area contributed by atoms with Crippen molar-refractivity contribution in [1.82, 2.24) is 0 Å². The lowest BCUT2D eigenvalue weighted by Crippen LogP contribution is -1.97. The van der Waals surface area contributed by atoms with Gasteiger partial charge in [-0.15, -0.1) is 0 Å². The van der Waals surface area contributed by atoms with Crippen molar-refractivity contribution < 1.29 is 18.7 Å². The number of furan rings is 1. The van der Waals surface area contributed by atoms with Crippen LogP contribution in [0.15, 0.2) is 35.0 Å². The van der Waals surface area contributed by atoms with Crippen molar-refractivity contribution in [3.63, 3.8) is 0 Å². The Morgan fingerprint density at radius 1 is 1.46 bits per heavy atom. The van der Waals surface area contributed by atoms with Gasteiger partial charge in [-0.3, -0.25) is 4.79 Å². The second-order valence-corrected chi connectivity index (χ2v) is 2.20. The Morgan fingerprint density at radius 2 is 2.23 bits per heavy atom. The first kappa shape index (κ1) is 9.25. The van der Waals surface area contributed by atoms with Gasteiger partial charge in [-0.05, 0) is 18.2 Å². The quantitative estimate of drug-likeness (QED) is 0.398. The summed E-state index contributed by atoms with van der Waals surface area (Å²) < 4.78 is 9.12. The summed E-state index contributed by atoms with van der Waals surface area (Å²) in [5, 5.41) is 0. The summed E-state index contributed by atoms with van der Waals surface area (Å²) in [4.78, 5) is 21.7. The van der Waals surface area contributed by atoms with Gasteiger partial charge in [0.1, 0.15) is 0 Å². The maximum atomic E-state index is 11.1. The van der Waals surface area contributed by atoms with E-state index in [0.717, 1.165) is 12.2 Å². The van der Waals surface area contributed by atoms with Crippen LogP contribution in [0.25, 0.3) is 0 Å². The molecule has 68 valence electrons. The first-order valence-electron chi connectivity index (χ1n) is 3.58. The third kappa shape index (κ3) is 2.59. The van der Waals surface area contributed by atoms with E-state index < -0.39 is 5.97 Å². The summed E-state index contributed by atoms with van der Waals surface area (Å²) in [5.41, 5.74) is 0. The molecule has 4 heteroatoms. The molecule has 13 heavy (non-hydrogen) atoms. The van der Waals surface area contributed by atoms with Crippen LogP contribution in [0.2, 0.25) is 0 Å². The molecule has 0 bridgehead atoms. The molecule has 0 aromatic carbocycles. The lowest BCUT2D eigenvalue weighted by molar-refractivity contribution is -0.134. The van der Waals surface area contributed by atoms with Gasteiger partial charge < -0.3 is 9.15 Å². The molecule has 0 aliphatic heterocycles. The topological polar surface area (TPSA) is 56.5 Å². The van der Waals surface area contributed by atoms with Gasteiger partial charge in [0.05, 0.1) is 13.4 Å². The Labute approximate surface area is 74.8 Å². The Kier molecular flexibility index (Phi) is 3.03. The Morgan fingerprint density at radius 3 is 2.77 bits per heavy atom. The molecule has 1 rings (SSSR count). The second kappa shape index (κ2) is 4.25. The van der Waals surface area contributed by atoms with Gasteiger partial charge >= 0.3 is 5.97 Å². The first-order valence-corrected chi connectivity index (χ1v) is 3.58. The lowest BCUT2D eigenvalue weighted by atomic mass is 10.3. The van der Waals surface area contributed by atoms with E-state index in [-0.39, 0.29) is 11.5 Å². The molecule has 0 radical (unpaired) electrons. The normalized spacial score (nSPS) is 10.2. The third-order valence-corrected chi connectivity index (χ3v) is 1.34. The van der Waals surface area contributed by atoms with E-state index >= 15 is 0 Å². The number of rotatable bonds is 3. The van der Waals surface area contributed by atoms with Crippen LogP contribution in [-0.2, 0) is 9.53 Å². The Balaban J connectivity index is 2.61. The minimum atomic E-state index is -0.570. The van der Waals surface area contributed by atoms with Gasteiger partial charge in [-0.2, -0.15) is 0 Å². The van der Waals surface area contributed by atoms with Crippen molar-refractivity contribution >= 4 is 11.8 Å². The maximum Gasteiger partial charge on any atom is 0.330 e. The highest BCUT2D eigenvalue weighted by atomic mass is 16.5. The van der Waals surface area contributed by atoms with E-state index in [0.29, 0.717) is 0 Å². The number of carbonyl (C=O) groups excluding carboxylic acids is 2. The fourth-order valence-electron chi connectivity index (χ4n) is 0.713. The first-order chi connectivity index (χ1) is 6.24. The van der Waals surface area contributed by atoms with E-state index in [2.05, 4.69) is 4.74 Å². The average Bonchev–Trinajstić information content (AvgIpc) is 2.66. The monoisotopic (exact) mass is 180 g/mol. The minimum absolute atomic E-state index is 0.195. The number of allylic oxidation sites excluding steroid dienone is 1. The van der Waals surface area contributed by atoms with Gasteiger partial charge in [0, 0.05) is 6.08 Å². The Bertz CT molecular complexity index is 321. The Hall–Kier alpha value is -1.84. The summed E-state index contributed by atoms with van der Waals surface area (Å²) in [6.07, 6.45) is 3.54. The van der Waals surface area contributed by atoms with Crippen LogP contribution in [0.5, 0.6) is 0 Å². The van der Waals surface area contributed by atoms with Gasteiger partial charge in [0.2, 0.25) is 5.78 Å². The molecular weight excluding hydrogens is 172 g/mol. The van der Waals surface area contributed by atoms with Crippen molar-refractivity contribution in [2.75, 3.05) is 7.11 Å². The minimum Gasteiger partial charge on any atom is -0.466 e. The van der Waals surface area contributed by atoms with E-state index in [4.69, 9.17) is 4.42 Å². The van der Waals surface area contributed by atoms with Crippen molar-refractivity contribution in [3.8, 4) is 0 Å². The number of ketones is 1. The van der Waals surface area contributed by atoms with Crippen LogP contribution >= 0.6 is 0 Å². The number of esters is 1. The number of hydrogen-bond acceptors (Lipinski definition) is 4. The molecule has 0 amide bonds. The fourth-order valence-corrected chi connectivity index (χ4v) is 0.713. The zero-order valence-corrected chi connectivity index (χ0v) is 7.02. The summed E-state index contributed by atoms with van der Waals surface area (Å²) in [6, 6.07) is 3.11. The van der Waals surface area contributed by atoms with E-state index in [9.17, 15) is 9.59 Å². The molecule has 1 aromatic rings. The standard InChI is InChI=1S/C9H8O4/c1-12-9(11)5-4-7(10)8-3-2-6-13-8/h2-6H,1H3/b5-4-. The van der Waals surface area contributed by atoms with Gasteiger partial charge in [0.25, 0.3) is 0 Å². The van der Waals surface area contributed by atoms with E-state index in [1.54, 1.807) is 6.07 Å². The van der Waals surface area contributed by atoms with Gasteiger partial charge in [-0.25, -0.2) is 4.79 Å². The molecule has 0 N–H and O–H groups in total. The predicted octanol–water partition coefficient (Wildman–Crippen LogP) is 1.19. The van der Waals surface area contributed by atoms with Gasteiger partial charge in [-0.1, -0.05) is 0 Å². The van der Waals surface area contributed by atoms with Crippen LogP contribution in [0.4, 0.5) is 0 Å². The van der Waals surface area contributed by atoms with Crippen molar-refractivity contribution in [1.29, 1.82) is 0 Å². The molecule has 0 aliphatic carbocycles. The van der Waals surface area contributed by atoms with Gasteiger partial charge in [0.15, 0.2) is 5.76 Å². The van der Waals surface area contributed by atoms with Crippen LogP contribution in [0.3, 0.4) is 0 Å². The molecule has 0 spiro atoms. The highest BCUT2D eigenvalue weighted by molar-refractivity contribution is 6.05. The number of methoxy groups -OCH3 is 1. The van der Waals surface area contributed by atoms with Crippen LogP contribution in [0.1, 0.15) is 10.6 Å². The third-order valence-electron chi connectivity index (χ3n) is 1.34. The fraction of sp³-hybridized carbons (Fsp3) is 0.111. The van der Waals surface area contributed by atoms with E-state index in [1.807, 2.05) is 0 Å². The summed E-state index contributed by atoms with van der Waals surface area (Å²) in [5.74, 6) is -0.740. The molecule has 0 saturated heterocycles. The zero-order chi connectivity index (χ0) is 9.68. The molecule has 0 unspecified atom stereocenters. The maximum absolute atomic E-state index is 11.1. The summed E-state index contributed by atoms with van der Waals surface area (Å²) in [6.45, 7) is 0. The lowest BCUT2D eigenvalue weighted by Gasteiger charge is -1.88. The van der Waals surface area contributed by atoms with Crippen LogP contribution < -0.4 is 0 Å². The molecule has 1 heterocycles. The predicted molar refractivity (Wildman–Crippen MR) is 44.2 cm³/mol. The van der Waals surface area contributed by atoms with E-state index in [1.165, 1.54) is 19.4 Å². The van der Waals surface area contributed by atoms with Crippen molar-refractivity contribution in [2.45, 2.75) is 0 Å². The molecule has 0 aliphatic rings. The molecule has 0 fully saturated rings. The molecule has 1 aromatic heterocycles. The number of hydrogen-bond donors (Lipinski definition) is 0. The van der Waals surface area contributed by atoms with Crippen molar-refractivity contribution in [2.24, 2.45) is 0 Å². The highest BCUT2D eigenvalue weighted by Crippen LogP contribution is 2.01. The SMILES string of the molecule is COC(=O)/C=C\C(=O)c1ccco1. The van der Waals surface area contributed by atoms with Crippen molar-refractivity contribution in [3.05, 3.63) is 36.3 Å². The smallest absolute Gasteiger partial charge is 0.330 e. The largest absolute Gasteiger partial charge is 0.466 e.